The molecule has 16 heteroatoms. The molecule has 6 N–H and O–H groups in total. The molecule has 0 spiro atoms. The maximum absolute atomic E-state index is 9.92. The van der Waals surface area contributed by atoms with E-state index in [2.05, 4.69) is 0 Å². The van der Waals surface area contributed by atoms with E-state index in [1.165, 1.54) is 0 Å². The van der Waals surface area contributed by atoms with Gasteiger partial charge < -0.3 is 78.0 Å². The van der Waals surface area contributed by atoms with Crippen LogP contribution in [0.3, 0.4) is 0 Å². The largest absolute Gasteiger partial charge is 0.491 e. The van der Waals surface area contributed by atoms with Crippen LogP contribution in [0, 0.1) is 0 Å². The summed E-state index contributed by atoms with van der Waals surface area (Å²) < 4.78 is 54.8. The van der Waals surface area contributed by atoms with Crippen LogP contribution in [0.2, 0.25) is 0 Å². The van der Waals surface area contributed by atoms with E-state index in [0.29, 0.717) is 64.4 Å². The highest BCUT2D eigenvalue weighted by Gasteiger charge is 2.43. The van der Waals surface area contributed by atoms with Crippen LogP contribution in [0.5, 0.6) is 11.5 Å². The summed E-state index contributed by atoms with van der Waals surface area (Å²) in [6.07, 6.45) is -11.1. The Kier molecular flexibility index (Phi) is 17.9. The third kappa shape index (κ3) is 13.0. The van der Waals surface area contributed by atoms with E-state index in [9.17, 15) is 30.6 Å². The van der Waals surface area contributed by atoms with Gasteiger partial charge in [-0.2, -0.15) is 0 Å². The summed E-state index contributed by atoms with van der Waals surface area (Å²) in [6.45, 7) is 6.69. The highest BCUT2D eigenvalue weighted by molar-refractivity contribution is 5.32. The summed E-state index contributed by atoms with van der Waals surface area (Å²) in [4.78, 5) is 0. The third-order valence-corrected chi connectivity index (χ3v) is 7.18. The first-order valence-corrected chi connectivity index (χ1v) is 15.5. The van der Waals surface area contributed by atoms with Gasteiger partial charge in [0.15, 0.2) is 12.6 Å². The quantitative estimate of drug-likeness (QED) is 0.0753. The number of ether oxygens (including phenoxy) is 10. The fourth-order valence-electron chi connectivity index (χ4n) is 4.48. The molecule has 2 saturated heterocycles. The van der Waals surface area contributed by atoms with E-state index in [1.54, 1.807) is 19.9 Å². The molecule has 0 amide bonds. The van der Waals surface area contributed by atoms with Crippen molar-refractivity contribution in [2.45, 2.75) is 75.3 Å². The van der Waals surface area contributed by atoms with Crippen molar-refractivity contribution in [3.8, 4) is 11.5 Å². The Balaban J connectivity index is 1.11. The zero-order valence-corrected chi connectivity index (χ0v) is 26.3. The SMILES string of the molecule is C[C@@H]1O[C@@H](OCCOCCOCCOc2cccc(OCCOCCOCCO[C@@H]3O[C@@H](C)[C@H](O)[C@@H](O)[C@H]3O)c2)[C@H](O)[C@H](O)[C@H]1O. The summed E-state index contributed by atoms with van der Waals surface area (Å²) in [5, 5.41) is 58.8. The van der Waals surface area contributed by atoms with Gasteiger partial charge in [0, 0.05) is 6.07 Å². The standard InChI is InChI=1S/C30H50O16/c1-19-23(31)25(33)27(35)29(45-19)43-16-12-39-8-6-37-10-14-41-21-4-3-5-22(18-21)42-15-11-38-7-9-40-13-17-44-30-28(36)26(34)24(32)20(2)46-30/h3-5,18-20,23-36H,6-17H2,1-2H3/t19-,20-,23-,24-,25+,26+,27+,28+,29+,30+/m0/s1. The zero-order chi connectivity index (χ0) is 33.3. The summed E-state index contributed by atoms with van der Waals surface area (Å²) in [5.74, 6) is 1.27. The first-order chi connectivity index (χ1) is 22.2. The fourth-order valence-corrected chi connectivity index (χ4v) is 4.48. The van der Waals surface area contributed by atoms with Crippen LogP contribution in [-0.4, -0.2) is 171 Å². The lowest BCUT2D eigenvalue weighted by Crippen LogP contribution is -2.57. The van der Waals surface area contributed by atoms with E-state index in [-0.39, 0.29) is 26.4 Å². The van der Waals surface area contributed by atoms with E-state index >= 15 is 0 Å². The molecular weight excluding hydrogens is 616 g/mol. The van der Waals surface area contributed by atoms with Gasteiger partial charge in [-0.15, -0.1) is 0 Å². The Morgan fingerprint density at radius 1 is 0.478 bits per heavy atom. The topological polar surface area (TPSA) is 214 Å². The van der Waals surface area contributed by atoms with Crippen molar-refractivity contribution in [1.29, 1.82) is 0 Å². The predicted octanol–water partition coefficient (Wildman–Crippen LogP) is -1.80. The minimum atomic E-state index is -1.34. The van der Waals surface area contributed by atoms with Gasteiger partial charge in [0.2, 0.25) is 0 Å². The van der Waals surface area contributed by atoms with Crippen molar-refractivity contribution < 1.29 is 78.0 Å². The molecule has 2 fully saturated rings. The molecule has 3 rings (SSSR count). The number of aliphatic hydroxyl groups excluding tert-OH is 6. The molecule has 0 radical (unpaired) electrons. The van der Waals surface area contributed by atoms with Crippen molar-refractivity contribution >= 4 is 0 Å². The third-order valence-electron chi connectivity index (χ3n) is 7.18. The Morgan fingerprint density at radius 3 is 1.22 bits per heavy atom. The molecule has 0 aliphatic carbocycles. The lowest BCUT2D eigenvalue weighted by molar-refractivity contribution is -0.294. The van der Waals surface area contributed by atoms with Gasteiger partial charge in [0.05, 0.1) is 78.3 Å². The molecule has 0 aromatic heterocycles. The van der Waals surface area contributed by atoms with Crippen molar-refractivity contribution in [3.05, 3.63) is 24.3 Å². The summed E-state index contributed by atoms with van der Waals surface area (Å²) in [5.41, 5.74) is 0. The van der Waals surface area contributed by atoms with Crippen molar-refractivity contribution in [3.63, 3.8) is 0 Å². The van der Waals surface area contributed by atoms with Gasteiger partial charge in [0.1, 0.15) is 61.3 Å². The summed E-state index contributed by atoms with van der Waals surface area (Å²) in [7, 11) is 0. The van der Waals surface area contributed by atoms with E-state index in [1.807, 2.05) is 18.2 Å². The normalized spacial score (nSPS) is 31.6. The molecule has 2 heterocycles. The van der Waals surface area contributed by atoms with Crippen LogP contribution in [0.25, 0.3) is 0 Å². The van der Waals surface area contributed by atoms with E-state index in [0.717, 1.165) is 0 Å². The average molecular weight is 667 g/mol. The lowest BCUT2D eigenvalue weighted by Gasteiger charge is -2.38. The first kappa shape index (κ1) is 38.7. The minimum Gasteiger partial charge on any atom is -0.491 e. The molecule has 0 saturated carbocycles. The fraction of sp³-hybridized carbons (Fsp3) is 0.800. The second-order valence-electron chi connectivity index (χ2n) is 10.7. The van der Waals surface area contributed by atoms with E-state index in [4.69, 9.17) is 47.4 Å². The van der Waals surface area contributed by atoms with Gasteiger partial charge in [0.25, 0.3) is 0 Å². The van der Waals surface area contributed by atoms with Crippen LogP contribution in [0.15, 0.2) is 24.3 Å². The molecule has 2 aliphatic rings. The van der Waals surface area contributed by atoms with Crippen LogP contribution in [0.4, 0.5) is 0 Å². The minimum absolute atomic E-state index is 0.139. The summed E-state index contributed by atoms with van der Waals surface area (Å²) >= 11 is 0. The average Bonchev–Trinajstić information content (AvgIpc) is 3.05. The van der Waals surface area contributed by atoms with Crippen molar-refractivity contribution in [2.75, 3.05) is 79.3 Å². The Morgan fingerprint density at radius 2 is 0.826 bits per heavy atom. The maximum Gasteiger partial charge on any atom is 0.186 e. The predicted molar refractivity (Wildman–Crippen MR) is 157 cm³/mol. The Hall–Kier alpha value is -1.74. The smallest absolute Gasteiger partial charge is 0.186 e. The number of hydrogen-bond acceptors (Lipinski definition) is 16. The van der Waals surface area contributed by atoms with Crippen LogP contribution >= 0.6 is 0 Å². The molecule has 266 valence electrons. The number of hydrogen-bond donors (Lipinski definition) is 6. The maximum atomic E-state index is 9.92. The molecular formula is C30H50O16. The number of benzene rings is 1. The zero-order valence-electron chi connectivity index (χ0n) is 26.3. The molecule has 1 aromatic carbocycles. The van der Waals surface area contributed by atoms with Crippen molar-refractivity contribution in [1.82, 2.24) is 0 Å². The van der Waals surface area contributed by atoms with Gasteiger partial charge in [-0.3, -0.25) is 0 Å². The molecule has 2 aliphatic heterocycles. The molecule has 46 heavy (non-hydrogen) atoms. The second kappa shape index (κ2) is 21.3. The summed E-state index contributed by atoms with van der Waals surface area (Å²) in [6, 6.07) is 7.22. The number of aliphatic hydroxyl groups is 6. The molecule has 1 aromatic rings. The van der Waals surface area contributed by atoms with Gasteiger partial charge in [-0.05, 0) is 26.0 Å². The first-order valence-electron chi connectivity index (χ1n) is 15.5. The second-order valence-corrected chi connectivity index (χ2v) is 10.7. The Labute approximate surface area is 268 Å². The highest BCUT2D eigenvalue weighted by atomic mass is 16.7. The van der Waals surface area contributed by atoms with Crippen molar-refractivity contribution in [2.24, 2.45) is 0 Å². The van der Waals surface area contributed by atoms with Crippen LogP contribution in [-0.2, 0) is 37.9 Å². The lowest BCUT2D eigenvalue weighted by atomic mass is 10.0. The van der Waals surface area contributed by atoms with Crippen LogP contribution < -0.4 is 9.47 Å². The van der Waals surface area contributed by atoms with Crippen LogP contribution in [0.1, 0.15) is 13.8 Å². The highest BCUT2D eigenvalue weighted by Crippen LogP contribution is 2.23. The van der Waals surface area contributed by atoms with E-state index < -0.39 is 61.4 Å². The molecule has 0 unspecified atom stereocenters. The van der Waals surface area contributed by atoms with Gasteiger partial charge in [-0.1, -0.05) is 6.07 Å². The monoisotopic (exact) mass is 666 g/mol. The molecule has 0 bridgehead atoms. The van der Waals surface area contributed by atoms with Gasteiger partial charge in [-0.25, -0.2) is 0 Å². The molecule has 16 nitrogen and oxygen atoms in total. The molecule has 10 atom stereocenters. The van der Waals surface area contributed by atoms with Gasteiger partial charge >= 0.3 is 0 Å². The Bertz CT molecular complexity index is 873. The number of rotatable bonds is 22.